The lowest BCUT2D eigenvalue weighted by molar-refractivity contribution is 0.102. The van der Waals surface area contributed by atoms with Crippen molar-refractivity contribution in [3.8, 4) is 5.75 Å². The Morgan fingerprint density at radius 1 is 1.24 bits per heavy atom. The Kier molecular flexibility index (Phi) is 4.74. The molecule has 0 unspecified atom stereocenters. The summed E-state index contributed by atoms with van der Waals surface area (Å²) < 4.78 is 24.4. The van der Waals surface area contributed by atoms with Crippen molar-refractivity contribution in [1.29, 1.82) is 0 Å². The van der Waals surface area contributed by atoms with E-state index in [0.717, 1.165) is 5.56 Å². The number of hydrogen-bond donors (Lipinski definition) is 1. The van der Waals surface area contributed by atoms with E-state index in [1.54, 1.807) is 44.2 Å². The zero-order valence-corrected chi connectivity index (χ0v) is 13.7. The molecule has 0 aliphatic rings. The number of halogens is 1. The third-order valence-corrected chi connectivity index (χ3v) is 3.43. The van der Waals surface area contributed by atoms with Gasteiger partial charge in [-0.05, 0) is 36.8 Å². The summed E-state index contributed by atoms with van der Waals surface area (Å²) in [7, 11) is 0. The molecule has 0 saturated heterocycles. The van der Waals surface area contributed by atoms with Crippen molar-refractivity contribution in [2.75, 3.05) is 5.32 Å². The van der Waals surface area contributed by atoms with Gasteiger partial charge < -0.3 is 14.6 Å². The topological polar surface area (TPSA) is 77.2 Å². The van der Waals surface area contributed by atoms with Crippen molar-refractivity contribution in [3.05, 3.63) is 71.1 Å². The summed E-state index contributed by atoms with van der Waals surface area (Å²) in [5.74, 6) is 0.184. The van der Waals surface area contributed by atoms with Crippen LogP contribution >= 0.6 is 0 Å². The molecule has 6 nitrogen and oxygen atoms in total. The van der Waals surface area contributed by atoms with Crippen molar-refractivity contribution in [2.45, 2.75) is 20.5 Å². The van der Waals surface area contributed by atoms with Gasteiger partial charge in [0.2, 0.25) is 11.7 Å². The van der Waals surface area contributed by atoms with Crippen LogP contribution in [0.1, 0.15) is 27.6 Å². The minimum Gasteiger partial charge on any atom is -0.485 e. The van der Waals surface area contributed by atoms with E-state index in [4.69, 9.17) is 9.26 Å². The van der Waals surface area contributed by atoms with Gasteiger partial charge in [0.25, 0.3) is 5.91 Å². The van der Waals surface area contributed by atoms with Crippen LogP contribution in [0.3, 0.4) is 0 Å². The third-order valence-electron chi connectivity index (χ3n) is 3.43. The summed E-state index contributed by atoms with van der Waals surface area (Å²) in [6, 6.07) is 11.3. The zero-order chi connectivity index (χ0) is 17.8. The number of para-hydroxylation sites is 1. The number of aromatic nitrogens is 2. The van der Waals surface area contributed by atoms with Crippen LogP contribution in [0.4, 0.5) is 10.1 Å². The molecule has 0 aliphatic heterocycles. The molecule has 0 fully saturated rings. The first-order valence-corrected chi connectivity index (χ1v) is 7.61. The average Bonchev–Trinajstić information content (AvgIpc) is 3.01. The lowest BCUT2D eigenvalue weighted by Gasteiger charge is -2.11. The SMILES string of the molecule is Cc1ccc(NC(=O)c2ccccc2OCc2noc(C)n2)c(F)c1. The summed E-state index contributed by atoms with van der Waals surface area (Å²) in [4.78, 5) is 16.5. The molecule has 1 N–H and O–H groups in total. The van der Waals surface area contributed by atoms with Crippen LogP contribution in [0.2, 0.25) is 0 Å². The third kappa shape index (κ3) is 4.00. The first-order chi connectivity index (χ1) is 12.0. The van der Waals surface area contributed by atoms with Crippen LogP contribution in [0.5, 0.6) is 5.75 Å². The Morgan fingerprint density at radius 2 is 2.04 bits per heavy atom. The van der Waals surface area contributed by atoms with Gasteiger partial charge in [0, 0.05) is 6.92 Å². The largest absolute Gasteiger partial charge is 0.485 e. The van der Waals surface area contributed by atoms with Crippen molar-refractivity contribution < 1.29 is 18.4 Å². The lowest BCUT2D eigenvalue weighted by Crippen LogP contribution is -2.14. The molecule has 0 bridgehead atoms. The van der Waals surface area contributed by atoms with E-state index in [0.29, 0.717) is 17.5 Å². The number of carbonyl (C=O) groups excluding carboxylic acids is 1. The number of benzene rings is 2. The van der Waals surface area contributed by atoms with Gasteiger partial charge in [-0.25, -0.2) is 4.39 Å². The predicted octanol–water partition coefficient (Wildman–Crippen LogP) is 3.66. The van der Waals surface area contributed by atoms with Crippen LogP contribution in [-0.4, -0.2) is 16.0 Å². The molecule has 3 rings (SSSR count). The number of amides is 1. The van der Waals surface area contributed by atoms with E-state index < -0.39 is 11.7 Å². The summed E-state index contributed by atoms with van der Waals surface area (Å²) in [6.45, 7) is 3.51. The standard InChI is InChI=1S/C18H16FN3O3/c1-11-7-8-15(14(19)9-11)21-18(23)13-5-3-4-6-16(13)24-10-17-20-12(2)25-22-17/h3-9H,10H2,1-2H3,(H,21,23). The maximum Gasteiger partial charge on any atom is 0.259 e. The molecular weight excluding hydrogens is 325 g/mol. The van der Waals surface area contributed by atoms with Crippen molar-refractivity contribution in [1.82, 2.24) is 10.1 Å². The Balaban J connectivity index is 1.76. The number of hydrogen-bond acceptors (Lipinski definition) is 5. The average molecular weight is 341 g/mol. The second-order valence-corrected chi connectivity index (χ2v) is 5.45. The zero-order valence-electron chi connectivity index (χ0n) is 13.7. The van der Waals surface area contributed by atoms with E-state index in [1.807, 2.05) is 0 Å². The van der Waals surface area contributed by atoms with Crippen LogP contribution in [-0.2, 0) is 6.61 Å². The summed E-state index contributed by atoms with van der Waals surface area (Å²) in [6.07, 6.45) is 0. The summed E-state index contributed by atoms with van der Waals surface area (Å²) in [5, 5.41) is 6.28. The van der Waals surface area contributed by atoms with Crippen LogP contribution < -0.4 is 10.1 Å². The fourth-order valence-electron chi connectivity index (χ4n) is 2.23. The van der Waals surface area contributed by atoms with Crippen molar-refractivity contribution >= 4 is 11.6 Å². The number of rotatable bonds is 5. The van der Waals surface area contributed by atoms with E-state index in [2.05, 4.69) is 15.5 Å². The van der Waals surface area contributed by atoms with E-state index in [1.165, 1.54) is 12.1 Å². The number of carbonyl (C=O) groups is 1. The smallest absolute Gasteiger partial charge is 0.259 e. The van der Waals surface area contributed by atoms with Gasteiger partial charge in [0.1, 0.15) is 11.6 Å². The van der Waals surface area contributed by atoms with Crippen molar-refractivity contribution in [3.63, 3.8) is 0 Å². The normalized spacial score (nSPS) is 10.5. The Morgan fingerprint density at radius 3 is 2.76 bits per heavy atom. The molecule has 1 aromatic heterocycles. The van der Waals surface area contributed by atoms with Gasteiger partial charge in [-0.2, -0.15) is 4.98 Å². The van der Waals surface area contributed by atoms with Crippen LogP contribution in [0.15, 0.2) is 47.0 Å². The quantitative estimate of drug-likeness (QED) is 0.766. The number of anilines is 1. The highest BCUT2D eigenvalue weighted by molar-refractivity contribution is 6.06. The van der Waals surface area contributed by atoms with Crippen LogP contribution in [0, 0.1) is 19.7 Å². The van der Waals surface area contributed by atoms with Gasteiger partial charge in [-0.3, -0.25) is 4.79 Å². The minimum atomic E-state index is -0.492. The maximum atomic E-state index is 13.9. The molecule has 0 spiro atoms. The second-order valence-electron chi connectivity index (χ2n) is 5.45. The lowest BCUT2D eigenvalue weighted by atomic mass is 10.1. The van der Waals surface area contributed by atoms with Gasteiger partial charge in [0.15, 0.2) is 6.61 Å². The molecule has 0 radical (unpaired) electrons. The first kappa shape index (κ1) is 16.6. The summed E-state index contributed by atoms with van der Waals surface area (Å²) >= 11 is 0. The molecule has 7 heteroatoms. The highest BCUT2D eigenvalue weighted by atomic mass is 19.1. The summed E-state index contributed by atoms with van der Waals surface area (Å²) in [5.41, 5.74) is 1.16. The Labute approximate surface area is 143 Å². The number of ether oxygens (including phenoxy) is 1. The number of nitrogens with one attached hydrogen (secondary N) is 1. The minimum absolute atomic E-state index is 0.0561. The van der Waals surface area contributed by atoms with Crippen LogP contribution in [0.25, 0.3) is 0 Å². The highest BCUT2D eigenvalue weighted by Crippen LogP contribution is 2.22. The van der Waals surface area contributed by atoms with E-state index in [9.17, 15) is 9.18 Å². The number of nitrogens with zero attached hydrogens (tertiary/aromatic N) is 2. The van der Waals surface area contributed by atoms with Gasteiger partial charge >= 0.3 is 0 Å². The highest BCUT2D eigenvalue weighted by Gasteiger charge is 2.15. The molecule has 2 aromatic carbocycles. The fraction of sp³-hybridized carbons (Fsp3) is 0.167. The van der Waals surface area contributed by atoms with E-state index >= 15 is 0 Å². The number of aryl methyl sites for hydroxylation is 2. The molecular formula is C18H16FN3O3. The monoisotopic (exact) mass is 341 g/mol. The van der Waals surface area contributed by atoms with Gasteiger partial charge in [-0.1, -0.05) is 23.4 Å². The molecule has 0 atom stereocenters. The molecule has 0 saturated carbocycles. The molecule has 25 heavy (non-hydrogen) atoms. The van der Waals surface area contributed by atoms with Crippen molar-refractivity contribution in [2.24, 2.45) is 0 Å². The first-order valence-electron chi connectivity index (χ1n) is 7.61. The van der Waals surface area contributed by atoms with E-state index in [-0.39, 0.29) is 17.9 Å². The second kappa shape index (κ2) is 7.12. The van der Waals surface area contributed by atoms with Gasteiger partial charge in [-0.15, -0.1) is 0 Å². The Hall–Kier alpha value is -3.22. The Bertz CT molecular complexity index is 908. The molecule has 1 heterocycles. The maximum absolute atomic E-state index is 13.9. The molecule has 3 aromatic rings. The molecule has 1 amide bonds. The predicted molar refractivity (Wildman–Crippen MR) is 88.9 cm³/mol. The fourth-order valence-corrected chi connectivity index (χ4v) is 2.23. The van der Waals surface area contributed by atoms with Gasteiger partial charge in [0.05, 0.1) is 11.3 Å². The molecule has 0 aliphatic carbocycles. The molecule has 128 valence electrons.